The number of aryl methyl sites for hydroxylation is 1. The molecular formula is C24H27N3O3. The molecule has 0 aliphatic carbocycles. The minimum absolute atomic E-state index is 0.0671. The molecule has 0 fully saturated rings. The molecule has 6 nitrogen and oxygen atoms in total. The summed E-state index contributed by atoms with van der Waals surface area (Å²) in [6.45, 7) is 6.11. The summed E-state index contributed by atoms with van der Waals surface area (Å²) in [5.74, 6) is -0.891. The van der Waals surface area contributed by atoms with E-state index in [0.717, 1.165) is 39.5 Å². The summed E-state index contributed by atoms with van der Waals surface area (Å²) < 4.78 is 3.49. The SMILES string of the molecule is CCCC(CC(=O)O)n1c(=O)n(C(C)c2c[nH]c3cccc(C)c23)c2ccccc21. The van der Waals surface area contributed by atoms with Crippen LogP contribution in [-0.2, 0) is 4.79 Å². The molecule has 0 amide bonds. The standard InChI is InChI=1S/C24H27N3O3/c1-4-8-17(13-22(28)29)27-21-12-6-5-11-20(21)26(24(27)30)16(3)18-14-25-19-10-7-9-15(2)23(18)19/h5-7,9-12,14,16-17,25H,4,8,13H2,1-3H3,(H,28,29). The van der Waals surface area contributed by atoms with Crippen molar-refractivity contribution in [1.29, 1.82) is 0 Å². The Balaban J connectivity index is 1.94. The molecule has 0 saturated carbocycles. The van der Waals surface area contributed by atoms with Gasteiger partial charge < -0.3 is 10.1 Å². The summed E-state index contributed by atoms with van der Waals surface area (Å²) in [7, 11) is 0. The normalized spacial score (nSPS) is 13.7. The molecule has 0 saturated heterocycles. The minimum atomic E-state index is -0.891. The Labute approximate surface area is 174 Å². The van der Waals surface area contributed by atoms with Gasteiger partial charge in [-0.05, 0) is 44.0 Å². The van der Waals surface area contributed by atoms with Gasteiger partial charge in [-0.3, -0.25) is 13.9 Å². The van der Waals surface area contributed by atoms with E-state index < -0.39 is 5.97 Å². The molecule has 2 heterocycles. The van der Waals surface area contributed by atoms with Gasteiger partial charge in [-0.1, -0.05) is 37.6 Å². The number of fused-ring (bicyclic) bond motifs is 2. The first-order valence-corrected chi connectivity index (χ1v) is 10.4. The molecule has 2 atom stereocenters. The van der Waals surface area contributed by atoms with Gasteiger partial charge in [0.2, 0.25) is 0 Å². The second kappa shape index (κ2) is 7.86. The van der Waals surface area contributed by atoms with E-state index in [4.69, 9.17) is 0 Å². The number of H-pyrrole nitrogens is 1. The van der Waals surface area contributed by atoms with E-state index >= 15 is 0 Å². The summed E-state index contributed by atoms with van der Waals surface area (Å²) in [4.78, 5) is 28.5. The highest BCUT2D eigenvalue weighted by atomic mass is 16.4. The number of hydrogen-bond donors (Lipinski definition) is 2. The Morgan fingerprint density at radius 1 is 1.10 bits per heavy atom. The zero-order chi connectivity index (χ0) is 21.4. The van der Waals surface area contributed by atoms with Gasteiger partial charge in [0.15, 0.2) is 0 Å². The maximum Gasteiger partial charge on any atom is 0.329 e. The summed E-state index contributed by atoms with van der Waals surface area (Å²) in [5, 5.41) is 10.6. The first-order valence-electron chi connectivity index (χ1n) is 10.4. The number of aromatic nitrogens is 3. The second-order valence-electron chi connectivity index (χ2n) is 7.97. The van der Waals surface area contributed by atoms with Gasteiger partial charge in [-0.2, -0.15) is 0 Å². The summed E-state index contributed by atoms with van der Waals surface area (Å²) >= 11 is 0. The number of nitrogens with zero attached hydrogens (tertiary/aromatic N) is 2. The smallest absolute Gasteiger partial charge is 0.329 e. The number of imidazole rings is 1. The molecule has 156 valence electrons. The van der Waals surface area contributed by atoms with Crippen LogP contribution in [0.15, 0.2) is 53.5 Å². The van der Waals surface area contributed by atoms with Gasteiger partial charge in [-0.25, -0.2) is 4.79 Å². The molecule has 0 radical (unpaired) electrons. The first kappa shape index (κ1) is 20.0. The summed E-state index contributed by atoms with van der Waals surface area (Å²) in [6.07, 6.45) is 3.35. The van der Waals surface area contributed by atoms with Crippen LogP contribution in [0.2, 0.25) is 0 Å². The zero-order valence-corrected chi connectivity index (χ0v) is 17.6. The van der Waals surface area contributed by atoms with E-state index in [9.17, 15) is 14.7 Å². The molecular weight excluding hydrogens is 378 g/mol. The van der Waals surface area contributed by atoms with Gasteiger partial charge in [-0.15, -0.1) is 0 Å². The number of rotatable bonds is 7. The zero-order valence-electron chi connectivity index (χ0n) is 17.6. The molecule has 2 aromatic carbocycles. The number of carboxylic acids is 1. The van der Waals surface area contributed by atoms with Crippen LogP contribution in [0.4, 0.5) is 0 Å². The molecule has 2 N–H and O–H groups in total. The molecule has 0 bridgehead atoms. The molecule has 4 aromatic rings. The van der Waals surface area contributed by atoms with Crippen LogP contribution in [0.5, 0.6) is 0 Å². The van der Waals surface area contributed by atoms with Gasteiger partial charge in [0, 0.05) is 28.7 Å². The van der Waals surface area contributed by atoms with Crippen molar-refractivity contribution in [3.63, 3.8) is 0 Å². The molecule has 0 aliphatic heterocycles. The third-order valence-electron chi connectivity index (χ3n) is 5.99. The Kier molecular flexibility index (Phi) is 5.24. The fourth-order valence-electron chi connectivity index (χ4n) is 4.65. The van der Waals surface area contributed by atoms with Crippen molar-refractivity contribution in [3.8, 4) is 0 Å². The van der Waals surface area contributed by atoms with E-state index in [-0.39, 0.29) is 24.2 Å². The van der Waals surface area contributed by atoms with Gasteiger partial charge >= 0.3 is 11.7 Å². The maximum absolute atomic E-state index is 13.7. The highest BCUT2D eigenvalue weighted by Crippen LogP contribution is 2.32. The van der Waals surface area contributed by atoms with Gasteiger partial charge in [0.1, 0.15) is 0 Å². The largest absolute Gasteiger partial charge is 0.481 e. The van der Waals surface area contributed by atoms with Crippen molar-refractivity contribution in [2.75, 3.05) is 0 Å². The van der Waals surface area contributed by atoms with Crippen LogP contribution in [0.3, 0.4) is 0 Å². The van der Waals surface area contributed by atoms with Crippen molar-refractivity contribution in [2.24, 2.45) is 0 Å². The van der Waals surface area contributed by atoms with Crippen molar-refractivity contribution < 1.29 is 9.90 Å². The molecule has 30 heavy (non-hydrogen) atoms. The second-order valence-corrected chi connectivity index (χ2v) is 7.97. The average molecular weight is 405 g/mol. The Morgan fingerprint density at radius 3 is 2.47 bits per heavy atom. The Hall–Kier alpha value is -3.28. The minimum Gasteiger partial charge on any atom is -0.481 e. The molecule has 6 heteroatoms. The van der Waals surface area contributed by atoms with Crippen LogP contribution in [-0.4, -0.2) is 25.2 Å². The Morgan fingerprint density at radius 2 is 1.80 bits per heavy atom. The van der Waals surface area contributed by atoms with Crippen molar-refractivity contribution in [1.82, 2.24) is 14.1 Å². The van der Waals surface area contributed by atoms with Gasteiger partial charge in [0.25, 0.3) is 0 Å². The van der Waals surface area contributed by atoms with Crippen LogP contribution < -0.4 is 5.69 Å². The number of para-hydroxylation sites is 2. The highest BCUT2D eigenvalue weighted by molar-refractivity contribution is 5.87. The average Bonchev–Trinajstić information content (AvgIpc) is 3.26. The number of carbonyl (C=O) groups is 1. The summed E-state index contributed by atoms with van der Waals surface area (Å²) in [5.41, 5.74) is 4.70. The fraction of sp³-hybridized carbons (Fsp3) is 0.333. The van der Waals surface area contributed by atoms with E-state index in [1.165, 1.54) is 0 Å². The Bertz CT molecular complexity index is 1280. The fourth-order valence-corrected chi connectivity index (χ4v) is 4.65. The van der Waals surface area contributed by atoms with Crippen molar-refractivity contribution in [3.05, 3.63) is 70.3 Å². The highest BCUT2D eigenvalue weighted by Gasteiger charge is 2.25. The van der Waals surface area contributed by atoms with E-state index in [2.05, 4.69) is 18.0 Å². The quantitative estimate of drug-likeness (QED) is 0.453. The third kappa shape index (κ3) is 3.22. The lowest BCUT2D eigenvalue weighted by atomic mass is 10.0. The number of carboxylic acid groups (broad SMARTS) is 1. The molecule has 0 aliphatic rings. The molecule has 0 spiro atoms. The lowest BCUT2D eigenvalue weighted by Gasteiger charge is -2.17. The lowest BCUT2D eigenvalue weighted by molar-refractivity contribution is -0.137. The maximum atomic E-state index is 13.7. The lowest BCUT2D eigenvalue weighted by Crippen LogP contribution is -2.30. The van der Waals surface area contributed by atoms with Crippen LogP contribution in [0, 0.1) is 6.92 Å². The van der Waals surface area contributed by atoms with Crippen LogP contribution >= 0.6 is 0 Å². The predicted octanol–water partition coefficient (Wildman–Crippen LogP) is 5.02. The van der Waals surface area contributed by atoms with E-state index in [1.54, 1.807) is 9.13 Å². The third-order valence-corrected chi connectivity index (χ3v) is 5.99. The monoisotopic (exact) mass is 405 g/mol. The number of hydrogen-bond acceptors (Lipinski definition) is 2. The number of aromatic amines is 1. The van der Waals surface area contributed by atoms with E-state index in [1.807, 2.05) is 56.4 Å². The number of aliphatic carboxylic acids is 1. The number of benzene rings is 2. The van der Waals surface area contributed by atoms with Crippen molar-refractivity contribution in [2.45, 2.75) is 52.1 Å². The molecule has 2 aromatic heterocycles. The van der Waals surface area contributed by atoms with Crippen LogP contribution in [0.1, 0.15) is 56.3 Å². The van der Waals surface area contributed by atoms with E-state index in [0.29, 0.717) is 6.42 Å². The topological polar surface area (TPSA) is 80.0 Å². The molecule has 2 unspecified atom stereocenters. The predicted molar refractivity (Wildman–Crippen MR) is 119 cm³/mol. The molecule has 4 rings (SSSR count). The van der Waals surface area contributed by atoms with Gasteiger partial charge in [0.05, 0.1) is 23.5 Å². The first-order chi connectivity index (χ1) is 14.4. The van der Waals surface area contributed by atoms with Crippen LogP contribution in [0.25, 0.3) is 21.9 Å². The van der Waals surface area contributed by atoms with Crippen molar-refractivity contribution >= 4 is 27.9 Å². The summed E-state index contributed by atoms with van der Waals surface area (Å²) in [6, 6.07) is 13.2. The number of nitrogens with one attached hydrogen (secondary N) is 1.